The zero-order valence-corrected chi connectivity index (χ0v) is 7.74. The highest BCUT2D eigenvalue weighted by atomic mass is 79.9. The summed E-state index contributed by atoms with van der Waals surface area (Å²) in [6, 6.07) is 0. The predicted molar refractivity (Wildman–Crippen MR) is 46.3 cm³/mol. The zero-order valence-electron chi connectivity index (χ0n) is 4.57. The number of nitrogens with one attached hydrogen (secondary N) is 1. The highest BCUT2D eigenvalue weighted by Gasteiger charge is 1.95. The molecule has 0 saturated carbocycles. The molecule has 0 fully saturated rings. The molecule has 48 valence electrons. The van der Waals surface area contributed by atoms with Crippen LogP contribution in [0.3, 0.4) is 0 Å². The molecule has 0 aliphatic carbocycles. The second-order valence-electron chi connectivity index (χ2n) is 1.54. The van der Waals surface area contributed by atoms with E-state index in [1.54, 1.807) is 0 Å². The molecule has 3 heteroatoms. The van der Waals surface area contributed by atoms with Crippen LogP contribution in [0.4, 0.5) is 0 Å². The maximum Gasteiger partial charge on any atom is 0.0838 e. The minimum absolute atomic E-state index is 0.940. The molecule has 1 aliphatic heterocycles. The van der Waals surface area contributed by atoms with E-state index in [4.69, 9.17) is 0 Å². The van der Waals surface area contributed by atoms with Crippen LogP contribution in [0, 0.1) is 0 Å². The Morgan fingerprint density at radius 1 is 1.33 bits per heavy atom. The van der Waals surface area contributed by atoms with Crippen molar-refractivity contribution in [3.8, 4) is 0 Å². The highest BCUT2D eigenvalue weighted by molar-refractivity contribution is 9.28. The van der Waals surface area contributed by atoms with Gasteiger partial charge in [-0.25, -0.2) is 0 Å². The number of halogens is 2. The van der Waals surface area contributed by atoms with E-state index in [-0.39, 0.29) is 0 Å². The topological polar surface area (TPSA) is 12.0 Å². The van der Waals surface area contributed by atoms with E-state index in [1.165, 1.54) is 0 Å². The molecule has 0 aromatic heterocycles. The standard InChI is InChI=1S/C6H5Br2N/c7-6(8)5-3-1-2-4-9-5/h1-4,9H. The summed E-state index contributed by atoms with van der Waals surface area (Å²) in [6.07, 6.45) is 7.75. The number of allylic oxidation sites excluding steroid dienone is 3. The van der Waals surface area contributed by atoms with Gasteiger partial charge in [0.1, 0.15) is 0 Å². The lowest BCUT2D eigenvalue weighted by molar-refractivity contribution is 1.10. The SMILES string of the molecule is BrC(Br)=C1C=CC=CN1. The highest BCUT2D eigenvalue weighted by Crippen LogP contribution is 2.19. The fourth-order valence-corrected chi connectivity index (χ4v) is 1.00. The number of dihydropyridines is 1. The Labute approximate surface area is 70.8 Å². The van der Waals surface area contributed by atoms with Crippen molar-refractivity contribution in [1.29, 1.82) is 0 Å². The minimum Gasteiger partial charge on any atom is -0.360 e. The van der Waals surface area contributed by atoms with Gasteiger partial charge in [0, 0.05) is 6.20 Å². The normalized spacial score (nSPS) is 15.6. The van der Waals surface area contributed by atoms with Crippen LogP contribution >= 0.6 is 31.9 Å². The van der Waals surface area contributed by atoms with Gasteiger partial charge in [0.25, 0.3) is 0 Å². The van der Waals surface area contributed by atoms with Crippen LogP contribution < -0.4 is 5.32 Å². The van der Waals surface area contributed by atoms with Gasteiger partial charge >= 0.3 is 0 Å². The maximum atomic E-state index is 3.28. The first-order valence-corrected chi connectivity index (χ1v) is 4.04. The van der Waals surface area contributed by atoms with Gasteiger partial charge in [0.15, 0.2) is 0 Å². The molecule has 0 saturated heterocycles. The third-order valence-electron chi connectivity index (χ3n) is 0.913. The van der Waals surface area contributed by atoms with E-state index in [0.717, 1.165) is 9.09 Å². The first-order chi connectivity index (χ1) is 4.30. The van der Waals surface area contributed by atoms with Gasteiger partial charge in [-0.1, -0.05) is 6.08 Å². The lowest BCUT2D eigenvalue weighted by Gasteiger charge is -2.04. The molecule has 1 N–H and O–H groups in total. The summed E-state index contributed by atoms with van der Waals surface area (Å²) in [5.74, 6) is 0. The molecule has 0 atom stereocenters. The van der Waals surface area contributed by atoms with E-state index in [1.807, 2.05) is 24.4 Å². The molecule has 1 nitrogen and oxygen atoms in total. The van der Waals surface area contributed by atoms with Crippen LogP contribution in [-0.4, -0.2) is 0 Å². The second kappa shape index (κ2) is 3.22. The van der Waals surface area contributed by atoms with Crippen molar-refractivity contribution in [3.63, 3.8) is 0 Å². The van der Waals surface area contributed by atoms with Crippen molar-refractivity contribution >= 4 is 31.9 Å². The third-order valence-corrected chi connectivity index (χ3v) is 1.77. The zero-order chi connectivity index (χ0) is 6.69. The molecule has 0 radical (unpaired) electrons. The van der Waals surface area contributed by atoms with Crippen molar-refractivity contribution < 1.29 is 0 Å². The summed E-state index contributed by atoms with van der Waals surface area (Å²) in [4.78, 5) is 0. The second-order valence-corrected chi connectivity index (χ2v) is 4.19. The van der Waals surface area contributed by atoms with Crippen molar-refractivity contribution in [2.24, 2.45) is 0 Å². The van der Waals surface area contributed by atoms with Gasteiger partial charge in [-0.05, 0) is 44.0 Å². The molecule has 1 rings (SSSR count). The average molecular weight is 251 g/mol. The lowest BCUT2D eigenvalue weighted by Crippen LogP contribution is -2.04. The number of hydrogen-bond acceptors (Lipinski definition) is 1. The number of rotatable bonds is 0. The van der Waals surface area contributed by atoms with E-state index in [2.05, 4.69) is 37.2 Å². The quantitative estimate of drug-likeness (QED) is 0.697. The van der Waals surface area contributed by atoms with Crippen LogP contribution in [0.15, 0.2) is 33.5 Å². The fourth-order valence-electron chi connectivity index (χ4n) is 0.511. The van der Waals surface area contributed by atoms with Crippen molar-refractivity contribution in [2.45, 2.75) is 0 Å². The van der Waals surface area contributed by atoms with Gasteiger partial charge in [0.2, 0.25) is 0 Å². The first kappa shape index (κ1) is 7.09. The van der Waals surface area contributed by atoms with Crippen LogP contribution in [0.2, 0.25) is 0 Å². The van der Waals surface area contributed by atoms with Gasteiger partial charge in [0.05, 0.1) is 9.09 Å². The van der Waals surface area contributed by atoms with Crippen molar-refractivity contribution in [3.05, 3.63) is 33.5 Å². The van der Waals surface area contributed by atoms with Crippen LogP contribution in [0.5, 0.6) is 0 Å². The predicted octanol–water partition coefficient (Wildman–Crippen LogP) is 2.62. The first-order valence-electron chi connectivity index (χ1n) is 2.46. The average Bonchev–Trinajstić information content (AvgIpc) is 1.90. The van der Waals surface area contributed by atoms with Gasteiger partial charge in [-0.3, -0.25) is 0 Å². The van der Waals surface area contributed by atoms with E-state index in [0.29, 0.717) is 0 Å². The molecular weight excluding hydrogens is 246 g/mol. The van der Waals surface area contributed by atoms with Crippen LogP contribution in [0.1, 0.15) is 0 Å². The fraction of sp³-hybridized carbons (Fsp3) is 0. The lowest BCUT2D eigenvalue weighted by atomic mass is 10.3. The van der Waals surface area contributed by atoms with E-state index in [9.17, 15) is 0 Å². The summed E-state index contributed by atoms with van der Waals surface area (Å²) in [6.45, 7) is 0. The summed E-state index contributed by atoms with van der Waals surface area (Å²) >= 11 is 6.57. The molecule has 0 aromatic carbocycles. The third kappa shape index (κ3) is 1.99. The number of hydrogen-bond donors (Lipinski definition) is 1. The largest absolute Gasteiger partial charge is 0.360 e. The molecule has 0 aromatic rings. The maximum absolute atomic E-state index is 3.28. The van der Waals surface area contributed by atoms with Crippen molar-refractivity contribution in [1.82, 2.24) is 5.32 Å². The van der Waals surface area contributed by atoms with Gasteiger partial charge in [-0.2, -0.15) is 0 Å². The molecule has 1 heterocycles. The molecule has 9 heavy (non-hydrogen) atoms. The smallest absolute Gasteiger partial charge is 0.0838 e. The molecule has 0 unspecified atom stereocenters. The van der Waals surface area contributed by atoms with E-state index >= 15 is 0 Å². The van der Waals surface area contributed by atoms with E-state index < -0.39 is 0 Å². The Bertz CT molecular complexity index is 187. The molecule has 1 aliphatic rings. The Kier molecular flexibility index (Phi) is 2.54. The van der Waals surface area contributed by atoms with Gasteiger partial charge < -0.3 is 5.32 Å². The Hall–Kier alpha value is -0.0200. The molecular formula is C6H5Br2N. The summed E-state index contributed by atoms with van der Waals surface area (Å²) in [7, 11) is 0. The summed E-state index contributed by atoms with van der Waals surface area (Å²) < 4.78 is 0.940. The molecule has 0 bridgehead atoms. The van der Waals surface area contributed by atoms with Crippen molar-refractivity contribution in [2.75, 3.05) is 0 Å². The van der Waals surface area contributed by atoms with Crippen LogP contribution in [-0.2, 0) is 0 Å². The summed E-state index contributed by atoms with van der Waals surface area (Å²) in [5.41, 5.74) is 1.04. The molecule has 0 spiro atoms. The Balaban J connectivity index is 2.78. The Morgan fingerprint density at radius 3 is 2.44 bits per heavy atom. The monoisotopic (exact) mass is 249 g/mol. The Morgan fingerprint density at radius 2 is 2.11 bits per heavy atom. The van der Waals surface area contributed by atoms with Gasteiger partial charge in [-0.15, -0.1) is 0 Å². The minimum atomic E-state index is 0.940. The summed E-state index contributed by atoms with van der Waals surface area (Å²) in [5, 5.41) is 3.04. The molecule has 0 amide bonds. The van der Waals surface area contributed by atoms with Crippen LogP contribution in [0.25, 0.3) is 0 Å².